The van der Waals surface area contributed by atoms with Crippen molar-refractivity contribution in [1.29, 1.82) is 0 Å². The number of aliphatic hydroxyl groups excluding tert-OH is 3. The van der Waals surface area contributed by atoms with Gasteiger partial charge in [0.15, 0.2) is 0 Å². The van der Waals surface area contributed by atoms with Crippen molar-refractivity contribution in [2.45, 2.75) is 18.6 Å². The molecule has 0 unspecified atom stereocenters. The van der Waals surface area contributed by atoms with Gasteiger partial charge in [0.05, 0.1) is 12.2 Å². The smallest absolute Gasteiger partial charge is 0.0852 e. The molecule has 1 radical (unpaired) electrons. The van der Waals surface area contributed by atoms with E-state index < -0.39 is 12.2 Å². The molecule has 0 saturated heterocycles. The highest BCUT2D eigenvalue weighted by molar-refractivity contribution is 4.95. The van der Waals surface area contributed by atoms with E-state index in [0.717, 1.165) is 0 Å². The third kappa shape index (κ3) is 1.23. The first-order chi connectivity index (χ1) is 4.25. The van der Waals surface area contributed by atoms with Crippen molar-refractivity contribution < 1.29 is 15.3 Å². The SMILES string of the molecule is OC[C@H]1C[CH][C@H](O)[C@@H]1O. The molecule has 0 amide bonds. The number of hydrogen-bond acceptors (Lipinski definition) is 3. The van der Waals surface area contributed by atoms with E-state index in [1.807, 2.05) is 0 Å². The van der Waals surface area contributed by atoms with Crippen molar-refractivity contribution in [3.05, 3.63) is 6.42 Å². The summed E-state index contributed by atoms with van der Waals surface area (Å²) >= 11 is 0. The lowest BCUT2D eigenvalue weighted by molar-refractivity contribution is 0.0143. The molecule has 3 N–H and O–H groups in total. The fourth-order valence-electron chi connectivity index (χ4n) is 1.05. The molecule has 0 aliphatic heterocycles. The van der Waals surface area contributed by atoms with Crippen LogP contribution in [0.1, 0.15) is 6.42 Å². The van der Waals surface area contributed by atoms with Gasteiger partial charge >= 0.3 is 0 Å². The molecule has 1 saturated carbocycles. The molecule has 53 valence electrons. The molecule has 1 aliphatic rings. The van der Waals surface area contributed by atoms with E-state index in [0.29, 0.717) is 6.42 Å². The summed E-state index contributed by atoms with van der Waals surface area (Å²) in [6, 6.07) is 0. The van der Waals surface area contributed by atoms with Gasteiger partial charge in [-0.15, -0.1) is 0 Å². The molecule has 1 fully saturated rings. The Labute approximate surface area is 53.9 Å². The highest BCUT2D eigenvalue weighted by Gasteiger charge is 2.32. The van der Waals surface area contributed by atoms with Gasteiger partial charge in [0, 0.05) is 12.5 Å². The van der Waals surface area contributed by atoms with Crippen LogP contribution in [0.15, 0.2) is 0 Å². The highest BCUT2D eigenvalue weighted by Crippen LogP contribution is 2.24. The zero-order valence-corrected chi connectivity index (χ0v) is 5.07. The summed E-state index contributed by atoms with van der Waals surface area (Å²) in [7, 11) is 0. The van der Waals surface area contributed by atoms with Gasteiger partial charge in [0.25, 0.3) is 0 Å². The zero-order chi connectivity index (χ0) is 6.85. The first-order valence-corrected chi connectivity index (χ1v) is 3.06. The van der Waals surface area contributed by atoms with Crippen molar-refractivity contribution in [3.8, 4) is 0 Å². The van der Waals surface area contributed by atoms with Crippen LogP contribution in [-0.4, -0.2) is 34.1 Å². The van der Waals surface area contributed by atoms with Gasteiger partial charge in [-0.05, 0) is 12.8 Å². The lowest BCUT2D eigenvalue weighted by Gasteiger charge is -2.12. The lowest BCUT2D eigenvalue weighted by atomic mass is 10.1. The van der Waals surface area contributed by atoms with E-state index in [-0.39, 0.29) is 12.5 Å². The third-order valence-electron chi connectivity index (χ3n) is 1.75. The lowest BCUT2D eigenvalue weighted by Crippen LogP contribution is -2.26. The Morgan fingerprint density at radius 2 is 2.11 bits per heavy atom. The topological polar surface area (TPSA) is 60.7 Å². The summed E-state index contributed by atoms with van der Waals surface area (Å²) in [5.74, 6) is -0.153. The maximum atomic E-state index is 9.02. The molecule has 0 aromatic carbocycles. The minimum Gasteiger partial charge on any atom is -0.396 e. The minimum absolute atomic E-state index is 0.0469. The summed E-state index contributed by atoms with van der Waals surface area (Å²) in [5, 5.41) is 26.5. The molecule has 3 atom stereocenters. The minimum atomic E-state index is -0.755. The second-order valence-electron chi connectivity index (χ2n) is 2.40. The molecule has 0 spiro atoms. The standard InChI is InChI=1S/C6H11O3/c7-3-4-1-2-5(8)6(4)9/h2,4-9H,1,3H2/t4-,5+,6-/m1/s1. The first kappa shape index (κ1) is 6.99. The Kier molecular flexibility index (Phi) is 2.05. The van der Waals surface area contributed by atoms with Gasteiger partial charge < -0.3 is 15.3 Å². The largest absolute Gasteiger partial charge is 0.396 e. The van der Waals surface area contributed by atoms with Gasteiger partial charge in [-0.1, -0.05) is 0 Å². The van der Waals surface area contributed by atoms with Crippen LogP contribution in [0.3, 0.4) is 0 Å². The van der Waals surface area contributed by atoms with Crippen LogP contribution >= 0.6 is 0 Å². The average Bonchev–Trinajstić information content (AvgIpc) is 2.15. The van der Waals surface area contributed by atoms with Crippen LogP contribution in [0.4, 0.5) is 0 Å². The van der Waals surface area contributed by atoms with Crippen LogP contribution in [0.25, 0.3) is 0 Å². The number of rotatable bonds is 1. The van der Waals surface area contributed by atoms with E-state index in [2.05, 4.69) is 0 Å². The molecule has 3 heteroatoms. The summed E-state index contributed by atoms with van der Waals surface area (Å²) in [6.07, 6.45) is 0.738. The monoisotopic (exact) mass is 131 g/mol. The quantitative estimate of drug-likeness (QED) is 0.424. The van der Waals surface area contributed by atoms with Crippen molar-refractivity contribution in [1.82, 2.24) is 0 Å². The van der Waals surface area contributed by atoms with Crippen molar-refractivity contribution >= 4 is 0 Å². The summed E-state index contributed by atoms with van der Waals surface area (Å²) < 4.78 is 0. The van der Waals surface area contributed by atoms with Crippen molar-refractivity contribution in [2.75, 3.05) is 6.61 Å². The molecule has 0 aromatic rings. The van der Waals surface area contributed by atoms with Crippen molar-refractivity contribution in [2.24, 2.45) is 5.92 Å². The summed E-state index contributed by atoms with van der Waals surface area (Å²) in [4.78, 5) is 0. The van der Waals surface area contributed by atoms with Crippen LogP contribution in [0, 0.1) is 12.3 Å². The van der Waals surface area contributed by atoms with E-state index in [9.17, 15) is 0 Å². The maximum absolute atomic E-state index is 9.02. The molecule has 9 heavy (non-hydrogen) atoms. The molecule has 0 bridgehead atoms. The van der Waals surface area contributed by atoms with Gasteiger partial charge in [0.1, 0.15) is 0 Å². The van der Waals surface area contributed by atoms with Crippen LogP contribution < -0.4 is 0 Å². The predicted molar refractivity (Wildman–Crippen MR) is 31.5 cm³/mol. The van der Waals surface area contributed by atoms with Gasteiger partial charge in [-0.3, -0.25) is 0 Å². The van der Waals surface area contributed by atoms with Gasteiger partial charge in [-0.25, -0.2) is 0 Å². The molecule has 0 heterocycles. The Bertz CT molecular complexity index is 94.3. The third-order valence-corrected chi connectivity index (χ3v) is 1.75. The van der Waals surface area contributed by atoms with E-state index in [1.54, 1.807) is 6.42 Å². The van der Waals surface area contributed by atoms with Gasteiger partial charge in [-0.2, -0.15) is 0 Å². The summed E-state index contributed by atoms with van der Waals surface area (Å²) in [5.41, 5.74) is 0. The Morgan fingerprint density at radius 3 is 2.33 bits per heavy atom. The van der Waals surface area contributed by atoms with Crippen molar-refractivity contribution in [3.63, 3.8) is 0 Å². The molecular weight excluding hydrogens is 120 g/mol. The van der Waals surface area contributed by atoms with Crippen LogP contribution in [0.5, 0.6) is 0 Å². The van der Waals surface area contributed by atoms with Gasteiger partial charge in [0.2, 0.25) is 0 Å². The normalized spacial score (nSPS) is 43.7. The highest BCUT2D eigenvalue weighted by atomic mass is 16.3. The number of hydrogen-bond donors (Lipinski definition) is 3. The Balaban J connectivity index is 2.41. The predicted octanol–water partition coefficient (Wildman–Crippen LogP) is -1.08. The maximum Gasteiger partial charge on any atom is 0.0852 e. The van der Waals surface area contributed by atoms with E-state index in [1.165, 1.54) is 0 Å². The second-order valence-corrected chi connectivity index (χ2v) is 2.40. The van der Waals surface area contributed by atoms with E-state index in [4.69, 9.17) is 15.3 Å². The zero-order valence-electron chi connectivity index (χ0n) is 5.07. The fraction of sp³-hybridized carbons (Fsp3) is 0.833. The average molecular weight is 131 g/mol. The molecule has 0 aromatic heterocycles. The molecular formula is C6H11O3. The fourth-order valence-corrected chi connectivity index (χ4v) is 1.05. The van der Waals surface area contributed by atoms with Crippen LogP contribution in [-0.2, 0) is 0 Å². The second kappa shape index (κ2) is 2.64. The van der Waals surface area contributed by atoms with E-state index >= 15 is 0 Å². The summed E-state index contributed by atoms with van der Waals surface area (Å²) in [6.45, 7) is -0.0469. The Morgan fingerprint density at radius 1 is 1.44 bits per heavy atom. The first-order valence-electron chi connectivity index (χ1n) is 3.06. The number of aliphatic hydroxyl groups is 3. The molecule has 1 rings (SSSR count). The molecule has 3 nitrogen and oxygen atoms in total. The molecule has 1 aliphatic carbocycles. The van der Waals surface area contributed by atoms with Crippen LogP contribution in [0.2, 0.25) is 0 Å². The Hall–Kier alpha value is -0.120.